The van der Waals surface area contributed by atoms with E-state index in [1.54, 1.807) is 0 Å². The van der Waals surface area contributed by atoms with Crippen LogP contribution in [0.5, 0.6) is 11.5 Å². The lowest BCUT2D eigenvalue weighted by molar-refractivity contribution is 0.0299. The highest BCUT2D eigenvalue weighted by Crippen LogP contribution is 2.29. The van der Waals surface area contributed by atoms with Crippen LogP contribution in [0.2, 0.25) is 0 Å². The Bertz CT molecular complexity index is 925. The van der Waals surface area contributed by atoms with E-state index < -0.39 is 0 Å². The fourth-order valence-electron chi connectivity index (χ4n) is 4.44. The Morgan fingerprint density at radius 2 is 1.13 bits per heavy atom. The minimum atomic E-state index is 0.568. The number of nitrogens with zero attached hydrogens (tertiary/aromatic N) is 2. The van der Waals surface area contributed by atoms with Gasteiger partial charge in [-0.15, -0.1) is 0 Å². The standard InChI is InChI=1S/C30H44N2O6/c1-26-2-4-28(5-3-26)25-36-15-8-27-6-7-29-30(24-27)38-21-14-32-10-17-33-16-9-31(13-20-37-29)11-18-34-22-23-35-19-12-32/h2-7,24H,8-23,25H2,1H3. The van der Waals surface area contributed by atoms with Crippen molar-refractivity contribution in [3.63, 3.8) is 0 Å². The molecular weight excluding hydrogens is 484 g/mol. The highest BCUT2D eigenvalue weighted by atomic mass is 16.5. The summed E-state index contributed by atoms with van der Waals surface area (Å²) in [5.41, 5.74) is 3.63. The van der Waals surface area contributed by atoms with Gasteiger partial charge >= 0.3 is 0 Å². The molecule has 2 bridgehead atoms. The van der Waals surface area contributed by atoms with E-state index in [1.807, 2.05) is 6.07 Å². The second kappa shape index (κ2) is 16.7. The zero-order valence-corrected chi connectivity index (χ0v) is 22.9. The quantitative estimate of drug-likeness (QED) is 0.433. The summed E-state index contributed by atoms with van der Waals surface area (Å²) in [6.45, 7) is 13.5. The molecule has 1 saturated heterocycles. The van der Waals surface area contributed by atoms with Crippen molar-refractivity contribution in [3.8, 4) is 11.5 Å². The van der Waals surface area contributed by atoms with Gasteiger partial charge in [0.05, 0.1) is 52.9 Å². The smallest absolute Gasteiger partial charge is 0.161 e. The van der Waals surface area contributed by atoms with Crippen LogP contribution in [0.15, 0.2) is 42.5 Å². The summed E-state index contributed by atoms with van der Waals surface area (Å²) in [4.78, 5) is 4.67. The monoisotopic (exact) mass is 528 g/mol. The molecule has 0 aromatic heterocycles. The second-order valence-corrected chi connectivity index (χ2v) is 9.79. The van der Waals surface area contributed by atoms with Crippen molar-refractivity contribution in [1.82, 2.24) is 9.80 Å². The molecular formula is C30H44N2O6. The van der Waals surface area contributed by atoms with Crippen LogP contribution in [0, 0.1) is 6.92 Å². The van der Waals surface area contributed by atoms with Crippen molar-refractivity contribution in [2.75, 3.05) is 98.7 Å². The maximum Gasteiger partial charge on any atom is 0.161 e. The van der Waals surface area contributed by atoms with Gasteiger partial charge in [-0.25, -0.2) is 0 Å². The first-order valence-corrected chi connectivity index (χ1v) is 14.0. The van der Waals surface area contributed by atoms with Crippen molar-refractivity contribution in [1.29, 1.82) is 0 Å². The average Bonchev–Trinajstić information content (AvgIpc) is 2.94. The van der Waals surface area contributed by atoms with E-state index in [0.29, 0.717) is 66.1 Å². The third kappa shape index (κ3) is 10.5. The third-order valence-corrected chi connectivity index (χ3v) is 6.84. The Balaban J connectivity index is 1.38. The number of aryl methyl sites for hydroxylation is 1. The van der Waals surface area contributed by atoms with Gasteiger partial charge in [0.25, 0.3) is 0 Å². The lowest BCUT2D eigenvalue weighted by Crippen LogP contribution is -2.36. The highest BCUT2D eigenvalue weighted by Gasteiger charge is 2.13. The lowest BCUT2D eigenvalue weighted by Gasteiger charge is -2.22. The molecule has 0 spiro atoms. The summed E-state index contributed by atoms with van der Waals surface area (Å²) in [7, 11) is 0. The number of fused-ring (bicyclic) bond motifs is 7. The van der Waals surface area contributed by atoms with E-state index >= 15 is 0 Å². The average molecular weight is 529 g/mol. The Kier molecular flexibility index (Phi) is 12.7. The predicted molar refractivity (Wildman–Crippen MR) is 147 cm³/mol. The van der Waals surface area contributed by atoms with Crippen LogP contribution in [0.25, 0.3) is 0 Å². The molecule has 8 heteroatoms. The van der Waals surface area contributed by atoms with Crippen LogP contribution in [-0.2, 0) is 32.0 Å². The molecule has 1 fully saturated rings. The van der Waals surface area contributed by atoms with Crippen LogP contribution < -0.4 is 9.47 Å². The van der Waals surface area contributed by atoms with Gasteiger partial charge in [-0.1, -0.05) is 35.9 Å². The second-order valence-electron chi connectivity index (χ2n) is 9.79. The third-order valence-electron chi connectivity index (χ3n) is 6.84. The number of hydrogen-bond acceptors (Lipinski definition) is 8. The molecule has 2 aliphatic heterocycles. The summed E-state index contributed by atoms with van der Waals surface area (Å²) in [6.07, 6.45) is 0.817. The van der Waals surface area contributed by atoms with Gasteiger partial charge in [-0.3, -0.25) is 9.80 Å². The van der Waals surface area contributed by atoms with Crippen LogP contribution in [-0.4, -0.2) is 109 Å². The molecule has 0 aliphatic carbocycles. The van der Waals surface area contributed by atoms with E-state index in [4.69, 9.17) is 28.4 Å². The van der Waals surface area contributed by atoms with Crippen molar-refractivity contribution >= 4 is 0 Å². The first-order valence-electron chi connectivity index (χ1n) is 14.0. The van der Waals surface area contributed by atoms with Gasteiger partial charge in [0, 0.05) is 39.3 Å². The Labute approximate surface area is 227 Å². The van der Waals surface area contributed by atoms with Crippen LogP contribution in [0.3, 0.4) is 0 Å². The van der Waals surface area contributed by atoms with Gasteiger partial charge in [-0.05, 0) is 36.6 Å². The SMILES string of the molecule is Cc1ccc(COCCc2ccc3c(c2)OCCN2CCOCCOCCN(CCOCC2)CCO3)cc1. The van der Waals surface area contributed by atoms with Crippen molar-refractivity contribution < 1.29 is 28.4 Å². The zero-order chi connectivity index (χ0) is 26.3. The molecule has 2 unspecified atom stereocenters. The number of ether oxygens (including phenoxy) is 6. The van der Waals surface area contributed by atoms with Gasteiger partial charge in [0.15, 0.2) is 11.5 Å². The normalized spacial score (nSPS) is 22.4. The van der Waals surface area contributed by atoms with Crippen molar-refractivity contribution in [2.24, 2.45) is 0 Å². The minimum absolute atomic E-state index is 0.568. The summed E-state index contributed by atoms with van der Waals surface area (Å²) in [5, 5.41) is 0. The van der Waals surface area contributed by atoms with E-state index in [-0.39, 0.29) is 0 Å². The largest absolute Gasteiger partial charge is 0.488 e. The number of benzene rings is 2. The summed E-state index contributed by atoms with van der Waals surface area (Å²) in [6, 6.07) is 14.7. The van der Waals surface area contributed by atoms with Crippen LogP contribution in [0.4, 0.5) is 0 Å². The molecule has 2 aliphatic rings. The molecule has 0 saturated carbocycles. The van der Waals surface area contributed by atoms with E-state index in [2.05, 4.69) is 53.1 Å². The van der Waals surface area contributed by atoms with Crippen molar-refractivity contribution in [3.05, 3.63) is 59.2 Å². The Morgan fingerprint density at radius 3 is 1.76 bits per heavy atom. The number of rotatable bonds is 5. The fourth-order valence-corrected chi connectivity index (χ4v) is 4.44. The molecule has 2 atom stereocenters. The molecule has 2 aromatic carbocycles. The fraction of sp³-hybridized carbons (Fsp3) is 0.600. The summed E-state index contributed by atoms with van der Waals surface area (Å²) >= 11 is 0. The molecule has 0 radical (unpaired) electrons. The topological polar surface area (TPSA) is 61.9 Å². The first kappa shape index (κ1) is 28.8. The maximum absolute atomic E-state index is 6.29. The predicted octanol–water partition coefficient (Wildman–Crippen LogP) is 3.19. The molecule has 38 heavy (non-hydrogen) atoms. The summed E-state index contributed by atoms with van der Waals surface area (Å²) < 4.78 is 36.0. The molecule has 0 amide bonds. The van der Waals surface area contributed by atoms with E-state index in [0.717, 1.165) is 57.2 Å². The lowest BCUT2D eigenvalue weighted by atomic mass is 10.1. The Morgan fingerprint density at radius 1 is 0.605 bits per heavy atom. The minimum Gasteiger partial charge on any atom is -0.488 e. The molecule has 2 aromatic rings. The van der Waals surface area contributed by atoms with Gasteiger partial charge in [0.2, 0.25) is 0 Å². The van der Waals surface area contributed by atoms with Crippen molar-refractivity contribution in [2.45, 2.75) is 20.0 Å². The van der Waals surface area contributed by atoms with Crippen LogP contribution in [0.1, 0.15) is 16.7 Å². The first-order chi connectivity index (χ1) is 18.8. The van der Waals surface area contributed by atoms with Crippen LogP contribution >= 0.6 is 0 Å². The number of hydrogen-bond donors (Lipinski definition) is 0. The molecule has 210 valence electrons. The molecule has 4 rings (SSSR count). The van der Waals surface area contributed by atoms with E-state index in [9.17, 15) is 0 Å². The van der Waals surface area contributed by atoms with E-state index in [1.165, 1.54) is 16.7 Å². The molecule has 8 nitrogen and oxygen atoms in total. The maximum atomic E-state index is 6.29. The Hall–Kier alpha value is -2.20. The molecule has 0 N–H and O–H groups in total. The van der Waals surface area contributed by atoms with Gasteiger partial charge in [0.1, 0.15) is 13.2 Å². The zero-order valence-electron chi connectivity index (χ0n) is 22.9. The molecule has 2 heterocycles. The van der Waals surface area contributed by atoms with Gasteiger partial charge in [-0.2, -0.15) is 0 Å². The highest BCUT2D eigenvalue weighted by molar-refractivity contribution is 5.43. The summed E-state index contributed by atoms with van der Waals surface area (Å²) in [5.74, 6) is 1.58. The van der Waals surface area contributed by atoms with Gasteiger partial charge < -0.3 is 28.4 Å².